The Morgan fingerprint density at radius 3 is 2.90 bits per heavy atom. The van der Waals surface area contributed by atoms with Crippen LogP contribution in [0.3, 0.4) is 0 Å². The highest BCUT2D eigenvalue weighted by Crippen LogP contribution is 2.21. The van der Waals surface area contributed by atoms with Crippen molar-refractivity contribution in [2.75, 3.05) is 11.9 Å². The van der Waals surface area contributed by atoms with Gasteiger partial charge in [0, 0.05) is 4.47 Å². The molecule has 1 aromatic heterocycles. The third-order valence-electron chi connectivity index (χ3n) is 2.51. The van der Waals surface area contributed by atoms with Gasteiger partial charge in [-0.2, -0.15) is 0 Å². The van der Waals surface area contributed by atoms with Crippen LogP contribution in [0.15, 0.2) is 22.7 Å². The summed E-state index contributed by atoms with van der Waals surface area (Å²) in [5, 5.41) is 11.9. The van der Waals surface area contributed by atoms with Crippen molar-refractivity contribution in [2.45, 2.75) is 20.3 Å². The van der Waals surface area contributed by atoms with Crippen LogP contribution >= 0.6 is 27.3 Å². The molecule has 5 nitrogen and oxygen atoms in total. The standard InChI is InChI=1S/C13H14BrN3O2S/c1-3-12-16-17-13(20-12)15-11(18)7-19-9-4-5-10(14)8(2)6-9/h4-6H,3,7H2,1-2H3,(H,15,17,18). The lowest BCUT2D eigenvalue weighted by Gasteiger charge is -2.07. The molecule has 1 aromatic carbocycles. The number of amides is 1. The van der Waals surface area contributed by atoms with E-state index in [0.29, 0.717) is 10.9 Å². The number of halogens is 1. The number of nitrogens with zero attached hydrogens (tertiary/aromatic N) is 2. The van der Waals surface area contributed by atoms with Gasteiger partial charge in [-0.3, -0.25) is 10.1 Å². The second-order valence-corrected chi connectivity index (χ2v) is 6.02. The molecule has 0 spiro atoms. The van der Waals surface area contributed by atoms with Crippen LogP contribution in [0.25, 0.3) is 0 Å². The summed E-state index contributed by atoms with van der Waals surface area (Å²) in [6.45, 7) is 3.90. The topological polar surface area (TPSA) is 64.1 Å². The molecule has 0 radical (unpaired) electrons. The zero-order valence-electron chi connectivity index (χ0n) is 11.1. The second-order valence-electron chi connectivity index (χ2n) is 4.10. The van der Waals surface area contributed by atoms with E-state index in [0.717, 1.165) is 21.5 Å². The summed E-state index contributed by atoms with van der Waals surface area (Å²) in [7, 11) is 0. The Bertz CT molecular complexity index is 615. The van der Waals surface area contributed by atoms with Crippen molar-refractivity contribution in [3.8, 4) is 5.75 Å². The summed E-state index contributed by atoms with van der Waals surface area (Å²) in [5.74, 6) is 0.414. The SMILES string of the molecule is CCc1nnc(NC(=O)COc2ccc(Br)c(C)c2)s1. The number of hydrogen-bond donors (Lipinski definition) is 1. The van der Waals surface area contributed by atoms with Gasteiger partial charge in [-0.25, -0.2) is 0 Å². The van der Waals surface area contributed by atoms with Gasteiger partial charge in [0.25, 0.3) is 5.91 Å². The van der Waals surface area contributed by atoms with Crippen molar-refractivity contribution >= 4 is 38.3 Å². The summed E-state index contributed by atoms with van der Waals surface area (Å²) in [6.07, 6.45) is 0.808. The maximum Gasteiger partial charge on any atom is 0.264 e. The second kappa shape index (κ2) is 6.81. The Balaban J connectivity index is 1.87. The summed E-state index contributed by atoms with van der Waals surface area (Å²) in [4.78, 5) is 11.7. The molecular weight excluding hydrogens is 342 g/mol. The van der Waals surface area contributed by atoms with Gasteiger partial charge >= 0.3 is 0 Å². The molecule has 1 N–H and O–H groups in total. The highest BCUT2D eigenvalue weighted by molar-refractivity contribution is 9.10. The lowest BCUT2D eigenvalue weighted by Crippen LogP contribution is -2.20. The molecule has 0 aliphatic heterocycles. The van der Waals surface area contributed by atoms with Crippen molar-refractivity contribution in [3.63, 3.8) is 0 Å². The number of anilines is 1. The van der Waals surface area contributed by atoms with Crippen LogP contribution in [0.5, 0.6) is 5.75 Å². The highest BCUT2D eigenvalue weighted by Gasteiger charge is 2.08. The molecule has 1 amide bonds. The molecule has 0 saturated carbocycles. The van der Waals surface area contributed by atoms with Gasteiger partial charge in [0.15, 0.2) is 6.61 Å². The van der Waals surface area contributed by atoms with Crippen molar-refractivity contribution in [3.05, 3.63) is 33.2 Å². The molecule has 0 saturated heterocycles. The van der Waals surface area contributed by atoms with Gasteiger partial charge < -0.3 is 4.74 Å². The Morgan fingerprint density at radius 1 is 1.45 bits per heavy atom. The van der Waals surface area contributed by atoms with E-state index >= 15 is 0 Å². The van der Waals surface area contributed by atoms with Gasteiger partial charge in [-0.05, 0) is 37.1 Å². The van der Waals surface area contributed by atoms with Crippen LogP contribution in [0, 0.1) is 6.92 Å². The zero-order chi connectivity index (χ0) is 14.5. The average Bonchev–Trinajstić information content (AvgIpc) is 2.88. The quantitative estimate of drug-likeness (QED) is 0.894. The first-order valence-electron chi connectivity index (χ1n) is 6.09. The number of benzene rings is 1. The molecule has 20 heavy (non-hydrogen) atoms. The third-order valence-corrected chi connectivity index (χ3v) is 4.39. The maximum absolute atomic E-state index is 11.7. The van der Waals surface area contributed by atoms with E-state index in [2.05, 4.69) is 31.4 Å². The molecule has 0 atom stereocenters. The van der Waals surface area contributed by atoms with Crippen molar-refractivity contribution < 1.29 is 9.53 Å². The molecule has 1 heterocycles. The van der Waals surface area contributed by atoms with E-state index < -0.39 is 0 Å². The van der Waals surface area contributed by atoms with E-state index in [-0.39, 0.29) is 12.5 Å². The van der Waals surface area contributed by atoms with E-state index in [4.69, 9.17) is 4.74 Å². The lowest BCUT2D eigenvalue weighted by molar-refractivity contribution is -0.118. The normalized spacial score (nSPS) is 10.3. The number of carbonyl (C=O) groups excluding carboxylic acids is 1. The summed E-state index contributed by atoms with van der Waals surface area (Å²) < 4.78 is 6.44. The molecule has 0 bridgehead atoms. The van der Waals surface area contributed by atoms with Gasteiger partial charge in [-0.15, -0.1) is 10.2 Å². The first-order chi connectivity index (χ1) is 9.58. The van der Waals surface area contributed by atoms with Crippen molar-refractivity contribution in [2.24, 2.45) is 0 Å². The van der Waals surface area contributed by atoms with E-state index in [1.807, 2.05) is 32.0 Å². The molecule has 2 aromatic rings. The Hall–Kier alpha value is -1.47. The minimum atomic E-state index is -0.246. The molecule has 0 aliphatic carbocycles. The molecule has 0 fully saturated rings. The van der Waals surface area contributed by atoms with Gasteiger partial charge in [-0.1, -0.05) is 34.2 Å². The Labute approximate surface area is 129 Å². The van der Waals surface area contributed by atoms with Crippen LogP contribution in [-0.4, -0.2) is 22.7 Å². The number of rotatable bonds is 5. The molecule has 0 aliphatic rings. The van der Waals surface area contributed by atoms with E-state index in [1.165, 1.54) is 11.3 Å². The number of nitrogens with one attached hydrogen (secondary N) is 1. The van der Waals surface area contributed by atoms with Crippen molar-refractivity contribution in [1.29, 1.82) is 0 Å². The van der Waals surface area contributed by atoms with Gasteiger partial charge in [0.1, 0.15) is 10.8 Å². The fraction of sp³-hybridized carbons (Fsp3) is 0.308. The fourth-order valence-corrected chi connectivity index (χ4v) is 2.40. The van der Waals surface area contributed by atoms with Crippen LogP contribution in [0.1, 0.15) is 17.5 Å². The lowest BCUT2D eigenvalue weighted by atomic mass is 10.2. The molecule has 2 rings (SSSR count). The van der Waals surface area contributed by atoms with E-state index in [1.54, 1.807) is 0 Å². The monoisotopic (exact) mass is 355 g/mol. The molecule has 0 unspecified atom stereocenters. The summed E-state index contributed by atoms with van der Waals surface area (Å²) in [5.41, 5.74) is 1.06. The molecule has 106 valence electrons. The highest BCUT2D eigenvalue weighted by atomic mass is 79.9. The Kier molecular flexibility index (Phi) is 5.08. The van der Waals surface area contributed by atoms with Crippen molar-refractivity contribution in [1.82, 2.24) is 10.2 Å². The third kappa shape index (κ3) is 4.01. The van der Waals surface area contributed by atoms with Crippen LogP contribution in [-0.2, 0) is 11.2 Å². The predicted molar refractivity (Wildman–Crippen MR) is 82.3 cm³/mol. The van der Waals surface area contributed by atoms with Crippen LogP contribution in [0.2, 0.25) is 0 Å². The average molecular weight is 356 g/mol. The number of hydrogen-bond acceptors (Lipinski definition) is 5. The summed E-state index contributed by atoms with van der Waals surface area (Å²) >= 11 is 4.79. The smallest absolute Gasteiger partial charge is 0.264 e. The number of ether oxygens (including phenoxy) is 1. The summed E-state index contributed by atoms with van der Waals surface area (Å²) in [6, 6.07) is 5.57. The minimum absolute atomic E-state index is 0.0535. The molecule has 7 heteroatoms. The maximum atomic E-state index is 11.7. The number of aromatic nitrogens is 2. The van der Waals surface area contributed by atoms with Crippen LogP contribution in [0.4, 0.5) is 5.13 Å². The van der Waals surface area contributed by atoms with E-state index in [9.17, 15) is 4.79 Å². The Morgan fingerprint density at radius 2 is 2.25 bits per heavy atom. The number of aryl methyl sites for hydroxylation is 2. The first kappa shape index (κ1) is 14.9. The van der Waals surface area contributed by atoms with Gasteiger partial charge in [0.2, 0.25) is 5.13 Å². The molecular formula is C13H14BrN3O2S. The van der Waals surface area contributed by atoms with Gasteiger partial charge in [0.05, 0.1) is 0 Å². The fourth-order valence-electron chi connectivity index (χ4n) is 1.46. The number of carbonyl (C=O) groups is 1. The first-order valence-corrected chi connectivity index (χ1v) is 7.70. The largest absolute Gasteiger partial charge is 0.484 e. The minimum Gasteiger partial charge on any atom is -0.484 e. The predicted octanol–water partition coefficient (Wildman–Crippen LogP) is 3.19. The van der Waals surface area contributed by atoms with Crippen LogP contribution < -0.4 is 10.1 Å². The zero-order valence-corrected chi connectivity index (χ0v) is 13.5.